The third-order valence-electron chi connectivity index (χ3n) is 4.71. The summed E-state index contributed by atoms with van der Waals surface area (Å²) >= 11 is 6.04. The second kappa shape index (κ2) is 8.94. The minimum Gasteiger partial charge on any atom is -0.352 e. The number of fused-ring (bicyclic) bond motifs is 1. The van der Waals surface area contributed by atoms with Crippen LogP contribution in [-0.4, -0.2) is 33.3 Å². The van der Waals surface area contributed by atoms with E-state index >= 15 is 0 Å². The molecule has 29 heavy (non-hydrogen) atoms. The van der Waals surface area contributed by atoms with Crippen molar-refractivity contribution in [3.05, 3.63) is 58.6 Å². The maximum absolute atomic E-state index is 12.5. The van der Waals surface area contributed by atoms with Crippen molar-refractivity contribution in [1.82, 2.24) is 10.0 Å². The largest absolute Gasteiger partial charge is 0.352 e. The lowest BCUT2D eigenvalue weighted by molar-refractivity contribution is -0.121. The molecule has 0 saturated carbocycles. The summed E-state index contributed by atoms with van der Waals surface area (Å²) < 4.78 is 27.5. The van der Waals surface area contributed by atoms with E-state index in [1.807, 2.05) is 12.1 Å². The molecule has 0 spiro atoms. The summed E-state index contributed by atoms with van der Waals surface area (Å²) in [7, 11) is -3.74. The average Bonchev–Trinajstić information content (AvgIpc) is 3.11. The van der Waals surface area contributed by atoms with Gasteiger partial charge in [-0.2, -0.15) is 0 Å². The number of nitrogens with zero attached hydrogens (tertiary/aromatic N) is 1. The number of sulfonamides is 1. The highest BCUT2D eigenvalue weighted by atomic mass is 35.5. The van der Waals surface area contributed by atoms with Gasteiger partial charge in [0.25, 0.3) is 0 Å². The number of benzene rings is 2. The molecule has 1 heterocycles. The highest BCUT2D eigenvalue weighted by molar-refractivity contribution is 7.89. The maximum Gasteiger partial charge on any atom is 0.240 e. The van der Waals surface area contributed by atoms with Gasteiger partial charge in [-0.25, -0.2) is 13.1 Å². The number of anilines is 1. The topological polar surface area (TPSA) is 95.6 Å². The van der Waals surface area contributed by atoms with Crippen LogP contribution in [0.15, 0.2) is 47.4 Å². The van der Waals surface area contributed by atoms with Crippen LogP contribution in [-0.2, 0) is 32.6 Å². The van der Waals surface area contributed by atoms with Gasteiger partial charge in [-0.1, -0.05) is 29.8 Å². The molecule has 2 amide bonds. The van der Waals surface area contributed by atoms with Crippen LogP contribution >= 0.6 is 11.6 Å². The van der Waals surface area contributed by atoms with Crippen molar-refractivity contribution in [3.8, 4) is 0 Å². The van der Waals surface area contributed by atoms with E-state index in [4.69, 9.17) is 11.6 Å². The van der Waals surface area contributed by atoms with Gasteiger partial charge in [-0.05, 0) is 41.8 Å². The molecule has 2 N–H and O–H groups in total. The number of carbonyl (C=O) groups is 2. The second-order valence-electron chi connectivity index (χ2n) is 6.73. The van der Waals surface area contributed by atoms with E-state index in [0.717, 1.165) is 16.8 Å². The van der Waals surface area contributed by atoms with Gasteiger partial charge in [0.2, 0.25) is 21.8 Å². The van der Waals surface area contributed by atoms with Crippen molar-refractivity contribution in [2.24, 2.45) is 0 Å². The molecule has 7 nitrogen and oxygen atoms in total. The fraction of sp³-hybridized carbons (Fsp3) is 0.300. The number of rotatable bonds is 7. The van der Waals surface area contributed by atoms with Gasteiger partial charge in [0.1, 0.15) is 0 Å². The quantitative estimate of drug-likeness (QED) is 0.697. The van der Waals surface area contributed by atoms with Crippen LogP contribution in [0.5, 0.6) is 0 Å². The molecular formula is C20H22ClN3O4S. The summed E-state index contributed by atoms with van der Waals surface area (Å²) in [6, 6.07) is 11.9. The lowest BCUT2D eigenvalue weighted by Gasteiger charge is -2.15. The van der Waals surface area contributed by atoms with Crippen LogP contribution < -0.4 is 14.9 Å². The predicted molar refractivity (Wildman–Crippen MR) is 111 cm³/mol. The first-order chi connectivity index (χ1) is 13.8. The molecule has 3 rings (SSSR count). The molecule has 0 fully saturated rings. The zero-order chi connectivity index (χ0) is 21.0. The predicted octanol–water partition coefficient (Wildman–Crippen LogP) is 2.23. The van der Waals surface area contributed by atoms with Crippen molar-refractivity contribution in [2.45, 2.75) is 31.2 Å². The SMILES string of the molecule is CC(=O)N1CCc2cc(S(=O)(=O)NCCC(=O)NCc3ccccc3Cl)ccc21. The van der Waals surface area contributed by atoms with Crippen LogP contribution in [0, 0.1) is 0 Å². The van der Waals surface area contributed by atoms with Gasteiger partial charge in [0, 0.05) is 43.7 Å². The van der Waals surface area contributed by atoms with Crippen LogP contribution in [0.3, 0.4) is 0 Å². The van der Waals surface area contributed by atoms with Crippen LogP contribution in [0.25, 0.3) is 0 Å². The molecule has 9 heteroatoms. The second-order valence-corrected chi connectivity index (χ2v) is 8.90. The molecule has 0 radical (unpaired) electrons. The molecule has 0 aliphatic carbocycles. The lowest BCUT2D eigenvalue weighted by Crippen LogP contribution is -2.30. The monoisotopic (exact) mass is 435 g/mol. The molecule has 1 aliphatic heterocycles. The Morgan fingerprint density at radius 2 is 1.93 bits per heavy atom. The zero-order valence-electron chi connectivity index (χ0n) is 15.9. The minimum atomic E-state index is -3.74. The molecule has 1 aliphatic rings. The minimum absolute atomic E-state index is 0.00668. The number of nitrogens with one attached hydrogen (secondary N) is 2. The fourth-order valence-corrected chi connectivity index (χ4v) is 4.46. The molecule has 0 saturated heterocycles. The van der Waals surface area contributed by atoms with Gasteiger partial charge in [-0.15, -0.1) is 0 Å². The third-order valence-corrected chi connectivity index (χ3v) is 6.54. The molecule has 0 atom stereocenters. The van der Waals surface area contributed by atoms with Gasteiger partial charge in [-0.3, -0.25) is 9.59 Å². The Kier molecular flexibility index (Phi) is 6.56. The molecular weight excluding hydrogens is 414 g/mol. The number of amides is 2. The third kappa shape index (κ3) is 5.14. The van der Waals surface area contributed by atoms with Crippen molar-refractivity contribution in [1.29, 1.82) is 0 Å². The van der Waals surface area contributed by atoms with Crippen LogP contribution in [0.1, 0.15) is 24.5 Å². The molecule has 2 aromatic carbocycles. The Bertz CT molecular complexity index is 1040. The maximum atomic E-state index is 12.5. The first kappa shape index (κ1) is 21.3. The number of carbonyl (C=O) groups excluding carboxylic acids is 2. The van der Waals surface area contributed by atoms with Crippen LogP contribution in [0.2, 0.25) is 5.02 Å². The standard InChI is InChI=1S/C20H22ClN3O4S/c1-14(25)24-11-9-15-12-17(6-7-19(15)24)29(27,28)23-10-8-20(26)22-13-16-4-2-3-5-18(16)21/h2-7,12,23H,8-11,13H2,1H3,(H,22,26). The first-order valence-corrected chi connectivity index (χ1v) is 11.0. The highest BCUT2D eigenvalue weighted by Crippen LogP contribution is 2.30. The Labute approximate surface area is 175 Å². The van der Waals surface area contributed by atoms with E-state index in [1.165, 1.54) is 13.0 Å². The van der Waals surface area contributed by atoms with Crippen molar-refractivity contribution in [3.63, 3.8) is 0 Å². The number of hydrogen-bond acceptors (Lipinski definition) is 4. The summed E-state index contributed by atoms with van der Waals surface area (Å²) in [5.74, 6) is -0.348. The van der Waals surface area contributed by atoms with Crippen molar-refractivity contribution >= 4 is 39.1 Å². The summed E-state index contributed by atoms with van der Waals surface area (Å²) in [6.45, 7) is 2.29. The summed E-state index contributed by atoms with van der Waals surface area (Å²) in [5, 5.41) is 3.28. The van der Waals surface area contributed by atoms with Gasteiger partial charge in [0.15, 0.2) is 0 Å². The smallest absolute Gasteiger partial charge is 0.240 e. The highest BCUT2D eigenvalue weighted by Gasteiger charge is 2.24. The summed E-state index contributed by atoms with van der Waals surface area (Å²) in [4.78, 5) is 25.3. The van der Waals surface area contributed by atoms with E-state index in [0.29, 0.717) is 18.0 Å². The van der Waals surface area contributed by atoms with E-state index in [1.54, 1.807) is 29.2 Å². The Hall–Kier alpha value is -2.42. The first-order valence-electron chi connectivity index (χ1n) is 9.19. The number of halogens is 1. The summed E-state index contributed by atoms with van der Waals surface area (Å²) in [6.07, 6.45) is 0.620. The van der Waals surface area contributed by atoms with E-state index in [2.05, 4.69) is 10.0 Å². The molecule has 0 bridgehead atoms. The van der Waals surface area contributed by atoms with Gasteiger partial charge in [0.05, 0.1) is 4.90 Å². The Balaban J connectivity index is 1.53. The van der Waals surface area contributed by atoms with Crippen molar-refractivity contribution in [2.75, 3.05) is 18.0 Å². The molecule has 2 aromatic rings. The lowest BCUT2D eigenvalue weighted by atomic mass is 10.2. The molecule has 154 valence electrons. The fourth-order valence-electron chi connectivity index (χ4n) is 3.18. The normalized spacial score (nSPS) is 13.2. The van der Waals surface area contributed by atoms with Gasteiger partial charge < -0.3 is 10.2 Å². The van der Waals surface area contributed by atoms with E-state index < -0.39 is 10.0 Å². The summed E-state index contributed by atoms with van der Waals surface area (Å²) in [5.41, 5.74) is 2.36. The zero-order valence-corrected chi connectivity index (χ0v) is 17.5. The molecule has 0 aromatic heterocycles. The van der Waals surface area contributed by atoms with Crippen molar-refractivity contribution < 1.29 is 18.0 Å². The van der Waals surface area contributed by atoms with E-state index in [-0.39, 0.29) is 36.2 Å². The van der Waals surface area contributed by atoms with E-state index in [9.17, 15) is 18.0 Å². The molecule has 0 unspecified atom stereocenters. The average molecular weight is 436 g/mol. The van der Waals surface area contributed by atoms with Crippen LogP contribution in [0.4, 0.5) is 5.69 Å². The Morgan fingerprint density at radius 3 is 2.66 bits per heavy atom. The Morgan fingerprint density at radius 1 is 1.17 bits per heavy atom. The number of hydrogen-bond donors (Lipinski definition) is 2. The van der Waals surface area contributed by atoms with Gasteiger partial charge >= 0.3 is 0 Å².